The Balaban J connectivity index is 2.33. The summed E-state index contributed by atoms with van der Waals surface area (Å²) in [5.41, 5.74) is 0. The van der Waals surface area contributed by atoms with Gasteiger partial charge in [0.05, 0.1) is 8.07 Å². The lowest BCUT2D eigenvalue weighted by atomic mass is 10.4. The van der Waals surface area contributed by atoms with E-state index in [1.165, 1.54) is 25.7 Å². The highest BCUT2D eigenvalue weighted by Crippen LogP contribution is 2.38. The van der Waals surface area contributed by atoms with E-state index < -0.39 is 8.07 Å². The summed E-state index contributed by atoms with van der Waals surface area (Å²) >= 11 is 0. The molecule has 0 atom stereocenters. The second kappa shape index (κ2) is 5.84. The van der Waals surface area contributed by atoms with Crippen molar-refractivity contribution in [3.05, 3.63) is 0 Å². The molecule has 0 amide bonds. The van der Waals surface area contributed by atoms with Gasteiger partial charge in [-0.25, -0.2) is 0 Å². The third-order valence-electron chi connectivity index (χ3n) is 3.79. The Bertz CT molecular complexity index is 115. The summed E-state index contributed by atoms with van der Waals surface area (Å²) in [5.74, 6) is 0. The van der Waals surface area contributed by atoms with Gasteiger partial charge in [0.25, 0.3) is 0 Å². The molecule has 0 unspecified atom stereocenters. The zero-order valence-electron chi connectivity index (χ0n) is 9.57. The van der Waals surface area contributed by atoms with Crippen LogP contribution in [0.5, 0.6) is 0 Å². The summed E-state index contributed by atoms with van der Waals surface area (Å²) in [6.45, 7) is 4.69. The van der Waals surface area contributed by atoms with Crippen molar-refractivity contribution in [3.8, 4) is 0 Å². The van der Waals surface area contributed by atoms with E-state index in [0.29, 0.717) is 0 Å². The zero-order chi connectivity index (χ0) is 9.57. The predicted molar refractivity (Wildman–Crippen MR) is 64.0 cm³/mol. The number of unbranched alkanes of at least 4 members (excludes halogenated alkanes) is 2. The van der Waals surface area contributed by atoms with Crippen LogP contribution in [0.2, 0.25) is 24.2 Å². The molecule has 1 aliphatic rings. The lowest BCUT2D eigenvalue weighted by Gasteiger charge is -2.26. The van der Waals surface area contributed by atoms with Gasteiger partial charge in [-0.1, -0.05) is 76.5 Å². The predicted octanol–water partition coefficient (Wildman–Crippen LogP) is 4.83. The molecule has 0 nitrogen and oxygen atoms in total. The van der Waals surface area contributed by atoms with Crippen LogP contribution in [0.4, 0.5) is 0 Å². The van der Waals surface area contributed by atoms with Crippen LogP contribution >= 0.6 is 0 Å². The molecule has 1 fully saturated rings. The van der Waals surface area contributed by atoms with E-state index in [9.17, 15) is 0 Å². The maximum Gasteiger partial charge on any atom is 0.0535 e. The van der Waals surface area contributed by atoms with E-state index in [1.54, 1.807) is 37.0 Å². The topological polar surface area (TPSA) is 0 Å². The molecule has 0 aromatic heterocycles. The van der Waals surface area contributed by atoms with Crippen molar-refractivity contribution in [1.29, 1.82) is 0 Å². The van der Waals surface area contributed by atoms with Crippen LogP contribution in [0.1, 0.15) is 52.4 Å². The summed E-state index contributed by atoms with van der Waals surface area (Å²) in [7, 11) is -0.674. The monoisotopic (exact) mass is 198 g/mol. The molecule has 0 bridgehead atoms. The van der Waals surface area contributed by atoms with Gasteiger partial charge in [0.15, 0.2) is 0 Å². The first-order chi connectivity index (χ1) is 6.33. The van der Waals surface area contributed by atoms with Gasteiger partial charge in [0.1, 0.15) is 0 Å². The Morgan fingerprint density at radius 1 is 0.846 bits per heavy atom. The van der Waals surface area contributed by atoms with Gasteiger partial charge in [-0.15, -0.1) is 0 Å². The van der Waals surface area contributed by atoms with Crippen molar-refractivity contribution in [2.24, 2.45) is 0 Å². The molecular formula is C12H26Si. The Morgan fingerprint density at radius 2 is 1.31 bits per heavy atom. The molecular weight excluding hydrogens is 172 g/mol. The highest BCUT2D eigenvalue weighted by Gasteiger charge is 2.34. The van der Waals surface area contributed by atoms with Crippen LogP contribution in [0.15, 0.2) is 0 Å². The lowest BCUT2D eigenvalue weighted by Crippen LogP contribution is -2.29. The SMILES string of the molecule is CCCC[Si]1(CCCC)CCCC1. The smallest absolute Gasteiger partial charge is 0.0535 e. The number of rotatable bonds is 6. The van der Waals surface area contributed by atoms with Gasteiger partial charge < -0.3 is 0 Å². The largest absolute Gasteiger partial charge is 0.0654 e. The van der Waals surface area contributed by atoms with E-state index in [4.69, 9.17) is 0 Å². The molecule has 0 spiro atoms. The average molecular weight is 198 g/mol. The number of hydrogen-bond donors (Lipinski definition) is 0. The molecule has 1 heterocycles. The highest BCUT2D eigenvalue weighted by atomic mass is 28.3. The third-order valence-corrected chi connectivity index (χ3v) is 9.44. The molecule has 0 aromatic rings. The molecule has 1 rings (SSSR count). The van der Waals surface area contributed by atoms with Gasteiger partial charge in [0.2, 0.25) is 0 Å². The Kier molecular flexibility index (Phi) is 5.08. The fraction of sp³-hybridized carbons (Fsp3) is 1.00. The summed E-state index contributed by atoms with van der Waals surface area (Å²) in [4.78, 5) is 0. The molecule has 0 N–H and O–H groups in total. The van der Waals surface area contributed by atoms with Crippen molar-refractivity contribution in [2.75, 3.05) is 0 Å². The second-order valence-electron chi connectivity index (χ2n) is 4.91. The van der Waals surface area contributed by atoms with Crippen LogP contribution < -0.4 is 0 Å². The van der Waals surface area contributed by atoms with E-state index in [0.717, 1.165) is 0 Å². The van der Waals surface area contributed by atoms with E-state index in [-0.39, 0.29) is 0 Å². The standard InChI is InChI=1S/C12H26Si/c1-3-5-9-13(10-6-4-2)11-7-8-12-13/h3-12H2,1-2H3. The van der Waals surface area contributed by atoms with Crippen molar-refractivity contribution in [1.82, 2.24) is 0 Å². The first-order valence-corrected chi connectivity index (χ1v) is 9.16. The minimum Gasteiger partial charge on any atom is -0.0654 e. The molecule has 1 saturated heterocycles. The summed E-state index contributed by atoms with van der Waals surface area (Å²) in [5, 5.41) is 0. The second-order valence-corrected chi connectivity index (χ2v) is 9.91. The minimum absolute atomic E-state index is 0.674. The molecule has 0 aliphatic carbocycles. The maximum absolute atomic E-state index is 2.34. The maximum atomic E-state index is 2.34. The molecule has 0 aromatic carbocycles. The molecule has 1 aliphatic heterocycles. The van der Waals surface area contributed by atoms with Crippen molar-refractivity contribution in [2.45, 2.75) is 76.5 Å². The van der Waals surface area contributed by atoms with Crippen LogP contribution in [-0.2, 0) is 0 Å². The molecule has 78 valence electrons. The van der Waals surface area contributed by atoms with Gasteiger partial charge in [-0.05, 0) is 0 Å². The normalized spacial score (nSPS) is 20.8. The quantitative estimate of drug-likeness (QED) is 0.536. The first kappa shape index (κ1) is 11.3. The van der Waals surface area contributed by atoms with Crippen molar-refractivity contribution < 1.29 is 0 Å². The summed E-state index contributed by atoms with van der Waals surface area (Å²) < 4.78 is 0. The van der Waals surface area contributed by atoms with Crippen LogP contribution in [0, 0.1) is 0 Å². The highest BCUT2D eigenvalue weighted by molar-refractivity contribution is 6.80. The van der Waals surface area contributed by atoms with Crippen molar-refractivity contribution >= 4 is 8.07 Å². The van der Waals surface area contributed by atoms with E-state index >= 15 is 0 Å². The number of hydrogen-bond acceptors (Lipinski definition) is 0. The first-order valence-electron chi connectivity index (χ1n) is 6.33. The van der Waals surface area contributed by atoms with Gasteiger partial charge in [0, 0.05) is 0 Å². The average Bonchev–Trinajstić information content (AvgIpc) is 2.61. The third kappa shape index (κ3) is 3.45. The Labute approximate surface area is 85.1 Å². The van der Waals surface area contributed by atoms with Crippen LogP contribution in [0.25, 0.3) is 0 Å². The molecule has 0 saturated carbocycles. The van der Waals surface area contributed by atoms with Gasteiger partial charge in [-0.2, -0.15) is 0 Å². The Hall–Kier alpha value is 0.217. The van der Waals surface area contributed by atoms with Crippen LogP contribution in [0.3, 0.4) is 0 Å². The minimum atomic E-state index is -0.674. The molecule has 0 radical (unpaired) electrons. The summed E-state index contributed by atoms with van der Waals surface area (Å²) in [6, 6.07) is 6.66. The molecule has 13 heavy (non-hydrogen) atoms. The summed E-state index contributed by atoms with van der Waals surface area (Å²) in [6.07, 6.45) is 9.02. The van der Waals surface area contributed by atoms with Gasteiger partial charge in [-0.3, -0.25) is 0 Å². The van der Waals surface area contributed by atoms with Crippen molar-refractivity contribution in [3.63, 3.8) is 0 Å². The van der Waals surface area contributed by atoms with E-state index in [2.05, 4.69) is 13.8 Å². The fourth-order valence-electron chi connectivity index (χ4n) is 2.85. The Morgan fingerprint density at radius 3 is 1.69 bits per heavy atom. The van der Waals surface area contributed by atoms with Gasteiger partial charge >= 0.3 is 0 Å². The zero-order valence-corrected chi connectivity index (χ0v) is 10.6. The fourth-order valence-corrected chi connectivity index (χ4v) is 8.56. The molecule has 1 heteroatoms. The van der Waals surface area contributed by atoms with Crippen LogP contribution in [-0.4, -0.2) is 8.07 Å². The lowest BCUT2D eigenvalue weighted by molar-refractivity contribution is 0.823. The van der Waals surface area contributed by atoms with E-state index in [1.807, 2.05) is 0 Å².